The Hall–Kier alpha value is -3.41. The molecule has 25 heavy (non-hydrogen) atoms. The summed E-state index contributed by atoms with van der Waals surface area (Å²) in [5, 5.41) is 7.58. The third-order valence-electron chi connectivity index (χ3n) is 4.24. The van der Waals surface area contributed by atoms with Crippen LogP contribution in [0.3, 0.4) is 0 Å². The molecule has 0 spiro atoms. The molecule has 1 N–H and O–H groups in total. The Morgan fingerprint density at radius 2 is 1.96 bits per heavy atom. The van der Waals surface area contributed by atoms with Crippen molar-refractivity contribution in [3.63, 3.8) is 0 Å². The minimum absolute atomic E-state index is 0.000368. The van der Waals surface area contributed by atoms with Gasteiger partial charge in [-0.15, -0.1) is 6.58 Å². The molecular weight excluding hydrogens is 314 g/mol. The SMILES string of the molecule is C=CCN1C(=O)c2ccccc2N[C@@H]1c1ccc(-n2cncn2)cc1. The second kappa shape index (κ2) is 6.24. The summed E-state index contributed by atoms with van der Waals surface area (Å²) in [6, 6.07) is 15.5. The molecule has 0 aliphatic carbocycles. The smallest absolute Gasteiger partial charge is 0.258 e. The summed E-state index contributed by atoms with van der Waals surface area (Å²) >= 11 is 0. The lowest BCUT2D eigenvalue weighted by Crippen LogP contribution is -2.42. The van der Waals surface area contributed by atoms with Crippen molar-refractivity contribution in [1.29, 1.82) is 0 Å². The molecule has 2 heterocycles. The summed E-state index contributed by atoms with van der Waals surface area (Å²) in [6.45, 7) is 4.25. The maximum Gasteiger partial charge on any atom is 0.258 e. The van der Waals surface area contributed by atoms with E-state index in [1.807, 2.05) is 48.5 Å². The highest BCUT2D eigenvalue weighted by Gasteiger charge is 2.31. The molecule has 0 unspecified atom stereocenters. The molecule has 1 aliphatic heterocycles. The van der Waals surface area contributed by atoms with Gasteiger partial charge in [0.2, 0.25) is 0 Å². The number of carbonyl (C=O) groups excluding carboxylic acids is 1. The van der Waals surface area contributed by atoms with Crippen molar-refractivity contribution in [3.05, 3.63) is 85.0 Å². The van der Waals surface area contributed by atoms with Crippen LogP contribution >= 0.6 is 0 Å². The van der Waals surface area contributed by atoms with Gasteiger partial charge >= 0.3 is 0 Å². The van der Waals surface area contributed by atoms with Crippen LogP contribution in [0.1, 0.15) is 22.1 Å². The molecule has 0 fully saturated rings. The van der Waals surface area contributed by atoms with E-state index in [-0.39, 0.29) is 12.1 Å². The first kappa shape index (κ1) is 15.1. The normalized spacial score (nSPS) is 16.2. The van der Waals surface area contributed by atoms with Gasteiger partial charge in [0.05, 0.1) is 11.3 Å². The van der Waals surface area contributed by atoms with Crippen LogP contribution in [0, 0.1) is 0 Å². The Morgan fingerprint density at radius 1 is 1.16 bits per heavy atom. The Balaban J connectivity index is 1.70. The lowest BCUT2D eigenvalue weighted by molar-refractivity contribution is 0.0707. The molecule has 1 amide bonds. The first-order chi connectivity index (χ1) is 12.3. The minimum Gasteiger partial charge on any atom is -0.361 e. The van der Waals surface area contributed by atoms with E-state index in [1.165, 1.54) is 6.33 Å². The summed E-state index contributed by atoms with van der Waals surface area (Å²) in [6.07, 6.45) is 4.64. The van der Waals surface area contributed by atoms with Gasteiger partial charge in [-0.3, -0.25) is 4.79 Å². The van der Waals surface area contributed by atoms with Crippen LogP contribution in [0.15, 0.2) is 73.8 Å². The summed E-state index contributed by atoms with van der Waals surface area (Å²) in [5.74, 6) is -0.000368. The van der Waals surface area contributed by atoms with Crippen molar-refractivity contribution in [2.75, 3.05) is 11.9 Å². The Kier molecular flexibility index (Phi) is 3.78. The van der Waals surface area contributed by atoms with Gasteiger partial charge in [-0.2, -0.15) is 5.10 Å². The van der Waals surface area contributed by atoms with Crippen molar-refractivity contribution >= 4 is 11.6 Å². The van der Waals surface area contributed by atoms with Crippen molar-refractivity contribution in [2.45, 2.75) is 6.17 Å². The van der Waals surface area contributed by atoms with Gasteiger partial charge in [0.25, 0.3) is 5.91 Å². The standard InChI is InChI=1S/C19H17N5O/c1-2-11-23-18(22-17-6-4-3-5-16(17)19(23)25)14-7-9-15(10-8-14)24-13-20-12-21-24/h2-10,12-13,18,22H,1,11H2/t18-/m0/s1. The van der Waals surface area contributed by atoms with Crippen LogP contribution in [0.4, 0.5) is 5.69 Å². The number of amides is 1. The summed E-state index contributed by atoms with van der Waals surface area (Å²) in [5.41, 5.74) is 3.44. The highest BCUT2D eigenvalue weighted by atomic mass is 16.2. The third kappa shape index (κ3) is 2.67. The van der Waals surface area contributed by atoms with Gasteiger partial charge in [0, 0.05) is 12.2 Å². The lowest BCUT2D eigenvalue weighted by atomic mass is 10.0. The number of carbonyl (C=O) groups is 1. The fourth-order valence-corrected chi connectivity index (χ4v) is 3.03. The van der Waals surface area contributed by atoms with Crippen molar-refractivity contribution in [3.8, 4) is 5.69 Å². The summed E-state index contributed by atoms with van der Waals surface area (Å²) in [7, 11) is 0. The van der Waals surface area contributed by atoms with Crippen molar-refractivity contribution in [1.82, 2.24) is 19.7 Å². The number of rotatable bonds is 4. The molecule has 1 aliphatic rings. The number of benzene rings is 2. The molecule has 0 bridgehead atoms. The topological polar surface area (TPSA) is 63.1 Å². The second-order valence-corrected chi connectivity index (χ2v) is 5.77. The third-order valence-corrected chi connectivity index (χ3v) is 4.24. The van der Waals surface area contributed by atoms with E-state index >= 15 is 0 Å². The Morgan fingerprint density at radius 3 is 2.68 bits per heavy atom. The molecule has 6 heteroatoms. The van der Waals surface area contributed by atoms with Crippen LogP contribution in [0.2, 0.25) is 0 Å². The quantitative estimate of drug-likeness (QED) is 0.747. The largest absolute Gasteiger partial charge is 0.361 e. The molecule has 0 saturated carbocycles. The fraction of sp³-hybridized carbons (Fsp3) is 0.105. The molecule has 6 nitrogen and oxygen atoms in total. The molecule has 2 aromatic carbocycles. The monoisotopic (exact) mass is 331 g/mol. The fourth-order valence-electron chi connectivity index (χ4n) is 3.03. The molecule has 124 valence electrons. The molecule has 1 atom stereocenters. The van der Waals surface area contributed by atoms with E-state index in [4.69, 9.17) is 0 Å². The van der Waals surface area contributed by atoms with E-state index < -0.39 is 0 Å². The molecular formula is C19H17N5O. The molecule has 3 aromatic rings. The first-order valence-electron chi connectivity index (χ1n) is 8.00. The Bertz CT molecular complexity index is 902. The van der Waals surface area contributed by atoms with E-state index in [1.54, 1.807) is 22.0 Å². The predicted octanol–water partition coefficient (Wildman–Crippen LogP) is 3.02. The van der Waals surface area contributed by atoms with E-state index in [2.05, 4.69) is 22.0 Å². The van der Waals surface area contributed by atoms with Gasteiger partial charge in [-0.05, 0) is 29.8 Å². The molecule has 0 saturated heterocycles. The average Bonchev–Trinajstić information content (AvgIpc) is 3.19. The molecule has 4 rings (SSSR count). The Labute approximate surface area is 145 Å². The van der Waals surface area contributed by atoms with E-state index in [0.717, 1.165) is 16.9 Å². The second-order valence-electron chi connectivity index (χ2n) is 5.77. The number of para-hydroxylation sites is 1. The summed E-state index contributed by atoms with van der Waals surface area (Å²) in [4.78, 5) is 18.6. The van der Waals surface area contributed by atoms with Crippen molar-refractivity contribution < 1.29 is 4.79 Å². The maximum absolute atomic E-state index is 12.9. The highest BCUT2D eigenvalue weighted by Crippen LogP contribution is 2.33. The number of hydrogen-bond donors (Lipinski definition) is 1. The lowest BCUT2D eigenvalue weighted by Gasteiger charge is -2.37. The zero-order valence-electron chi connectivity index (χ0n) is 13.5. The van der Waals surface area contributed by atoms with Gasteiger partial charge in [0.15, 0.2) is 0 Å². The van der Waals surface area contributed by atoms with Gasteiger partial charge in [0.1, 0.15) is 18.8 Å². The number of fused-ring (bicyclic) bond motifs is 1. The molecule has 0 radical (unpaired) electrons. The highest BCUT2D eigenvalue weighted by molar-refractivity contribution is 6.01. The first-order valence-corrected chi connectivity index (χ1v) is 8.00. The minimum atomic E-state index is -0.245. The number of anilines is 1. The number of aromatic nitrogens is 3. The van der Waals surface area contributed by atoms with Gasteiger partial charge in [-0.1, -0.05) is 30.3 Å². The van der Waals surface area contributed by atoms with Crippen molar-refractivity contribution in [2.24, 2.45) is 0 Å². The van der Waals surface area contributed by atoms with Crippen LogP contribution in [0.25, 0.3) is 5.69 Å². The maximum atomic E-state index is 12.9. The number of hydrogen-bond acceptors (Lipinski definition) is 4. The number of nitrogens with one attached hydrogen (secondary N) is 1. The van der Waals surface area contributed by atoms with Crippen LogP contribution < -0.4 is 5.32 Å². The van der Waals surface area contributed by atoms with Gasteiger partial charge < -0.3 is 10.2 Å². The zero-order valence-corrected chi connectivity index (χ0v) is 13.5. The van der Waals surface area contributed by atoms with Crippen LogP contribution in [0.5, 0.6) is 0 Å². The van der Waals surface area contributed by atoms with Crippen LogP contribution in [-0.4, -0.2) is 32.1 Å². The number of nitrogens with zero attached hydrogens (tertiary/aromatic N) is 4. The van der Waals surface area contributed by atoms with Gasteiger partial charge in [-0.25, -0.2) is 9.67 Å². The van der Waals surface area contributed by atoms with Crippen LogP contribution in [-0.2, 0) is 0 Å². The summed E-state index contributed by atoms with van der Waals surface area (Å²) < 4.78 is 1.69. The molecule has 1 aromatic heterocycles. The zero-order chi connectivity index (χ0) is 17.2. The van der Waals surface area contributed by atoms with E-state index in [9.17, 15) is 4.79 Å². The predicted molar refractivity (Wildman–Crippen MR) is 95.4 cm³/mol. The average molecular weight is 331 g/mol. The van der Waals surface area contributed by atoms with E-state index in [0.29, 0.717) is 12.1 Å².